The van der Waals surface area contributed by atoms with Crippen LogP contribution in [0.25, 0.3) is 0 Å². The van der Waals surface area contributed by atoms with E-state index in [-0.39, 0.29) is 11.9 Å². The molecule has 6 nitrogen and oxygen atoms in total. The fourth-order valence-corrected chi connectivity index (χ4v) is 3.78. The summed E-state index contributed by atoms with van der Waals surface area (Å²) in [5, 5.41) is 9.24. The van der Waals surface area contributed by atoms with Crippen molar-refractivity contribution in [3.63, 3.8) is 0 Å². The molecular formula is C18H21ClN4O2S. The molecule has 1 atom stereocenters. The first-order valence-corrected chi connectivity index (χ1v) is 9.73. The lowest BCUT2D eigenvalue weighted by atomic mass is 10.2. The van der Waals surface area contributed by atoms with Crippen LogP contribution < -0.4 is 10.6 Å². The number of aryl methyl sites for hydroxylation is 1. The highest BCUT2D eigenvalue weighted by molar-refractivity contribution is 7.09. The summed E-state index contributed by atoms with van der Waals surface area (Å²) in [6, 6.07) is 4.62. The maximum absolute atomic E-state index is 12.7. The van der Waals surface area contributed by atoms with E-state index in [1.54, 1.807) is 34.4 Å². The second-order valence-electron chi connectivity index (χ2n) is 6.27. The van der Waals surface area contributed by atoms with E-state index >= 15 is 0 Å². The first-order chi connectivity index (χ1) is 12.5. The molecular weight excluding hydrogens is 372 g/mol. The number of halogens is 1. The van der Waals surface area contributed by atoms with Crippen molar-refractivity contribution in [2.75, 3.05) is 11.9 Å². The summed E-state index contributed by atoms with van der Waals surface area (Å²) in [6.07, 6.45) is 1.46. The van der Waals surface area contributed by atoms with Gasteiger partial charge in [-0.05, 0) is 44.4 Å². The van der Waals surface area contributed by atoms with Crippen molar-refractivity contribution in [3.8, 4) is 0 Å². The Balaban J connectivity index is 1.62. The number of rotatable bonds is 4. The number of nitrogens with one attached hydrogen (secondary N) is 2. The number of hydrogen-bond donors (Lipinski definition) is 2. The number of aromatic nitrogens is 1. The third-order valence-corrected chi connectivity index (χ3v) is 5.67. The molecule has 0 bridgehead atoms. The standard InChI is InChI=1S/C18H21ClN4O2S/c1-11-14(19)5-3-6-15(11)22-18(25)23-8-4-7-16(23)17(24)20-9-13-10-26-12(2)21-13/h3,5-6,10,16H,4,7-9H2,1-2H3,(H,20,24)(H,22,25)/t16-/m1/s1. The Labute approximate surface area is 161 Å². The molecule has 1 fully saturated rings. The average Bonchev–Trinajstić information content (AvgIpc) is 3.26. The Morgan fingerprint density at radius 3 is 2.92 bits per heavy atom. The van der Waals surface area contributed by atoms with Crippen LogP contribution in [0.2, 0.25) is 5.02 Å². The molecule has 0 aliphatic carbocycles. The zero-order chi connectivity index (χ0) is 18.7. The van der Waals surface area contributed by atoms with E-state index in [1.807, 2.05) is 19.2 Å². The summed E-state index contributed by atoms with van der Waals surface area (Å²) < 4.78 is 0. The van der Waals surface area contributed by atoms with E-state index in [0.717, 1.165) is 22.7 Å². The largest absolute Gasteiger partial charge is 0.349 e. The third kappa shape index (κ3) is 4.16. The molecule has 8 heteroatoms. The Morgan fingerprint density at radius 1 is 1.38 bits per heavy atom. The summed E-state index contributed by atoms with van der Waals surface area (Å²) in [5.41, 5.74) is 2.30. The van der Waals surface area contributed by atoms with Gasteiger partial charge in [0.05, 0.1) is 17.2 Å². The van der Waals surface area contributed by atoms with Gasteiger partial charge in [-0.15, -0.1) is 11.3 Å². The highest BCUT2D eigenvalue weighted by Gasteiger charge is 2.34. The molecule has 1 aliphatic heterocycles. The fourth-order valence-electron chi connectivity index (χ4n) is 3.00. The van der Waals surface area contributed by atoms with E-state index in [4.69, 9.17) is 11.6 Å². The second kappa shape index (κ2) is 8.05. The molecule has 2 aromatic rings. The normalized spacial score (nSPS) is 16.6. The minimum absolute atomic E-state index is 0.147. The van der Waals surface area contributed by atoms with Crippen molar-refractivity contribution in [2.24, 2.45) is 0 Å². The highest BCUT2D eigenvalue weighted by atomic mass is 35.5. The second-order valence-corrected chi connectivity index (χ2v) is 7.74. The molecule has 3 amide bonds. The number of amides is 3. The topological polar surface area (TPSA) is 74.3 Å². The lowest BCUT2D eigenvalue weighted by Gasteiger charge is -2.24. The number of anilines is 1. The van der Waals surface area contributed by atoms with Crippen LogP contribution in [0.3, 0.4) is 0 Å². The van der Waals surface area contributed by atoms with Gasteiger partial charge < -0.3 is 15.5 Å². The van der Waals surface area contributed by atoms with Crippen LogP contribution in [0.15, 0.2) is 23.6 Å². The molecule has 2 N–H and O–H groups in total. The predicted molar refractivity (Wildman–Crippen MR) is 104 cm³/mol. The lowest BCUT2D eigenvalue weighted by Crippen LogP contribution is -2.47. The molecule has 138 valence electrons. The van der Waals surface area contributed by atoms with E-state index in [1.165, 1.54) is 0 Å². The minimum atomic E-state index is -0.464. The molecule has 0 unspecified atom stereocenters. The maximum atomic E-state index is 12.7. The zero-order valence-corrected chi connectivity index (χ0v) is 16.3. The van der Waals surface area contributed by atoms with Crippen LogP contribution in [0.4, 0.5) is 10.5 Å². The van der Waals surface area contributed by atoms with E-state index in [9.17, 15) is 9.59 Å². The van der Waals surface area contributed by atoms with Gasteiger partial charge in [0, 0.05) is 22.6 Å². The Bertz CT molecular complexity index is 823. The van der Waals surface area contributed by atoms with Crippen molar-refractivity contribution in [2.45, 2.75) is 39.3 Å². The van der Waals surface area contributed by atoms with Crippen molar-refractivity contribution < 1.29 is 9.59 Å². The molecule has 0 spiro atoms. The smallest absolute Gasteiger partial charge is 0.322 e. The van der Waals surface area contributed by atoms with Crippen LogP contribution >= 0.6 is 22.9 Å². The molecule has 1 aliphatic rings. The van der Waals surface area contributed by atoms with E-state index in [0.29, 0.717) is 30.2 Å². The summed E-state index contributed by atoms with van der Waals surface area (Å²) in [6.45, 7) is 4.71. The zero-order valence-electron chi connectivity index (χ0n) is 14.7. The van der Waals surface area contributed by atoms with Crippen molar-refractivity contribution >= 4 is 40.6 Å². The molecule has 1 aromatic carbocycles. The number of urea groups is 1. The van der Waals surface area contributed by atoms with Crippen molar-refractivity contribution in [1.82, 2.24) is 15.2 Å². The number of hydrogen-bond acceptors (Lipinski definition) is 4. The first-order valence-electron chi connectivity index (χ1n) is 8.47. The lowest BCUT2D eigenvalue weighted by molar-refractivity contribution is -0.124. The van der Waals surface area contributed by atoms with Gasteiger partial charge in [-0.1, -0.05) is 17.7 Å². The Kier molecular flexibility index (Phi) is 5.78. The molecule has 0 radical (unpaired) electrons. The Hall–Kier alpha value is -2.12. The average molecular weight is 393 g/mol. The molecule has 1 aromatic heterocycles. The van der Waals surface area contributed by atoms with Gasteiger partial charge in [0.25, 0.3) is 0 Å². The summed E-state index contributed by atoms with van der Waals surface area (Å²) in [5.74, 6) is -0.147. The minimum Gasteiger partial charge on any atom is -0.349 e. The number of benzene rings is 1. The molecule has 1 saturated heterocycles. The SMILES string of the molecule is Cc1nc(CNC(=O)[C@H]2CCCN2C(=O)Nc2cccc(Cl)c2C)cs1. The number of thiazole rings is 1. The van der Waals surface area contributed by atoms with Gasteiger partial charge in [-0.2, -0.15) is 0 Å². The van der Waals surface area contributed by atoms with Crippen LogP contribution in [0.1, 0.15) is 29.1 Å². The van der Waals surface area contributed by atoms with Gasteiger partial charge in [0.1, 0.15) is 6.04 Å². The van der Waals surface area contributed by atoms with E-state index in [2.05, 4.69) is 15.6 Å². The molecule has 3 rings (SSSR count). The quantitative estimate of drug-likeness (QED) is 0.832. The van der Waals surface area contributed by atoms with Gasteiger partial charge >= 0.3 is 6.03 Å². The number of carbonyl (C=O) groups is 2. The van der Waals surface area contributed by atoms with Gasteiger partial charge in [-0.25, -0.2) is 9.78 Å². The number of carbonyl (C=O) groups excluding carboxylic acids is 2. The molecule has 0 saturated carbocycles. The first kappa shape index (κ1) is 18.7. The fraction of sp³-hybridized carbons (Fsp3) is 0.389. The summed E-state index contributed by atoms with van der Waals surface area (Å²) in [4.78, 5) is 31.1. The third-order valence-electron chi connectivity index (χ3n) is 4.44. The summed E-state index contributed by atoms with van der Waals surface area (Å²) >= 11 is 7.65. The monoisotopic (exact) mass is 392 g/mol. The van der Waals surface area contributed by atoms with Crippen molar-refractivity contribution in [3.05, 3.63) is 44.9 Å². The molecule has 26 heavy (non-hydrogen) atoms. The van der Waals surface area contributed by atoms with Crippen LogP contribution in [-0.2, 0) is 11.3 Å². The van der Waals surface area contributed by atoms with Crippen LogP contribution in [0, 0.1) is 13.8 Å². The molecule has 2 heterocycles. The van der Waals surface area contributed by atoms with Crippen LogP contribution in [-0.4, -0.2) is 34.4 Å². The van der Waals surface area contributed by atoms with Gasteiger partial charge in [-0.3, -0.25) is 4.79 Å². The number of nitrogens with zero attached hydrogens (tertiary/aromatic N) is 2. The Morgan fingerprint density at radius 2 is 2.19 bits per heavy atom. The van der Waals surface area contributed by atoms with Gasteiger partial charge in [0.15, 0.2) is 0 Å². The highest BCUT2D eigenvalue weighted by Crippen LogP contribution is 2.25. The van der Waals surface area contributed by atoms with Gasteiger partial charge in [0.2, 0.25) is 5.91 Å². The number of likely N-dealkylation sites (tertiary alicyclic amines) is 1. The van der Waals surface area contributed by atoms with Crippen LogP contribution in [0.5, 0.6) is 0 Å². The van der Waals surface area contributed by atoms with E-state index < -0.39 is 6.04 Å². The summed E-state index contributed by atoms with van der Waals surface area (Å²) in [7, 11) is 0. The van der Waals surface area contributed by atoms with Crippen molar-refractivity contribution in [1.29, 1.82) is 0 Å². The predicted octanol–water partition coefficient (Wildman–Crippen LogP) is 3.73. The maximum Gasteiger partial charge on any atom is 0.322 e.